The quantitative estimate of drug-likeness (QED) is 0.142. The van der Waals surface area contributed by atoms with Crippen LogP contribution < -0.4 is 17.0 Å². The summed E-state index contributed by atoms with van der Waals surface area (Å²) in [5.41, 5.74) is 6.55. The van der Waals surface area contributed by atoms with E-state index in [-0.39, 0.29) is 47.5 Å². The van der Waals surface area contributed by atoms with Crippen molar-refractivity contribution in [3.05, 3.63) is 103 Å². The number of rotatable bonds is 8. The number of carbonyl (C=O) groups excluding carboxylic acids is 1. The van der Waals surface area contributed by atoms with Crippen molar-refractivity contribution in [2.45, 2.75) is 63.6 Å². The van der Waals surface area contributed by atoms with Crippen LogP contribution in [-0.4, -0.2) is 83.2 Å². The van der Waals surface area contributed by atoms with Crippen molar-refractivity contribution in [3.8, 4) is 0 Å². The van der Waals surface area contributed by atoms with Gasteiger partial charge in [-0.2, -0.15) is 5.10 Å². The van der Waals surface area contributed by atoms with Crippen LogP contribution in [0, 0.1) is 7.43 Å². The van der Waals surface area contributed by atoms with E-state index in [0.29, 0.717) is 31.0 Å². The number of fused-ring (bicyclic) bond motifs is 2. The van der Waals surface area contributed by atoms with Crippen molar-refractivity contribution < 1.29 is 26.9 Å². The molecule has 2 fully saturated rings. The van der Waals surface area contributed by atoms with Crippen LogP contribution in [0.5, 0.6) is 0 Å². The summed E-state index contributed by atoms with van der Waals surface area (Å²) in [6.45, 7) is 2.75. The molecule has 6 heterocycles. The molecule has 2 aliphatic carbocycles. The number of aromatic nitrogens is 10. The minimum absolute atomic E-state index is 0. The number of hydrogen-bond acceptors (Lipinski definition) is 8. The zero-order valence-corrected chi connectivity index (χ0v) is 27.7. The third-order valence-corrected chi connectivity index (χ3v) is 7.46. The predicted octanol–water partition coefficient (Wildman–Crippen LogP) is 0.642. The monoisotopic (exact) mass is 668 g/mol. The summed E-state index contributed by atoms with van der Waals surface area (Å²) in [6.07, 6.45) is 16.7. The van der Waals surface area contributed by atoms with Crippen molar-refractivity contribution in [1.82, 2.24) is 48.8 Å². The molecule has 0 saturated heterocycles. The van der Waals surface area contributed by atoms with E-state index in [9.17, 15) is 9.90 Å². The van der Waals surface area contributed by atoms with Gasteiger partial charge in [0.15, 0.2) is 17.8 Å². The molecule has 1 N–H and O–H groups in total. The molecule has 1 atom stereocenters. The molecule has 224 valence electrons. The molecule has 0 aliphatic heterocycles. The summed E-state index contributed by atoms with van der Waals surface area (Å²) in [4.78, 5) is 19.6. The number of pyridine rings is 2. The third-order valence-electron chi connectivity index (χ3n) is 7.46. The van der Waals surface area contributed by atoms with Crippen LogP contribution in [0.4, 0.5) is 0 Å². The van der Waals surface area contributed by atoms with Crippen molar-refractivity contribution >= 4 is 40.6 Å². The molecular formula is C30H33BrMgN10O2. The Bertz CT molecular complexity index is 1850. The van der Waals surface area contributed by atoms with Crippen LogP contribution in [0.25, 0.3) is 11.3 Å². The number of imidazole rings is 1. The third kappa shape index (κ3) is 7.60. The molecule has 2 aliphatic rings. The van der Waals surface area contributed by atoms with Crippen molar-refractivity contribution in [2.24, 2.45) is 0 Å². The molecule has 0 aromatic carbocycles. The fraction of sp³-hybridized carbons (Fsp3) is 0.333. The van der Waals surface area contributed by atoms with Gasteiger partial charge in [0.05, 0.1) is 30.7 Å². The zero-order chi connectivity index (χ0) is 27.9. The van der Waals surface area contributed by atoms with Crippen LogP contribution in [0.1, 0.15) is 89.2 Å². The minimum atomic E-state index is -0.506. The van der Waals surface area contributed by atoms with Gasteiger partial charge in [-0.1, -0.05) is 17.3 Å². The Hall–Kier alpha value is -3.46. The number of aliphatic hydroxyl groups is 1. The number of aliphatic hydroxyl groups excluding tert-OH is 1. The molecular weight excluding hydrogens is 637 g/mol. The Labute approximate surface area is 281 Å². The van der Waals surface area contributed by atoms with E-state index in [1.807, 2.05) is 23.0 Å². The number of halogens is 1. The maximum atomic E-state index is 10.6. The summed E-state index contributed by atoms with van der Waals surface area (Å²) >= 11 is 0. The van der Waals surface area contributed by atoms with Crippen LogP contribution in [0.15, 0.2) is 61.4 Å². The fourth-order valence-corrected chi connectivity index (χ4v) is 4.90. The molecule has 14 heteroatoms. The Morgan fingerprint density at radius 1 is 0.909 bits per heavy atom. The van der Waals surface area contributed by atoms with Gasteiger partial charge in [0.2, 0.25) is 0 Å². The number of nitrogens with zero attached hydrogens (tertiary/aromatic N) is 10. The zero-order valence-electron chi connectivity index (χ0n) is 24.7. The maximum absolute atomic E-state index is 10.6. The SMILES string of the molecule is CC(O)c1cnn(Cc2nc3ccc(C4CC4)cn3n2)c1.O=Cc1cn(Cc2cn3cc(C4CC4)ccc3n2)nn1.[Br-].[CH3-].[Mg+2]. The van der Waals surface area contributed by atoms with Gasteiger partial charge in [-0.3, -0.25) is 9.48 Å². The summed E-state index contributed by atoms with van der Waals surface area (Å²) in [5.74, 6) is 2.17. The molecule has 1 unspecified atom stereocenters. The van der Waals surface area contributed by atoms with E-state index >= 15 is 0 Å². The van der Waals surface area contributed by atoms with Gasteiger partial charge in [-0.25, -0.2) is 19.2 Å². The topological polar surface area (TPSA) is 133 Å². The first kappa shape index (κ1) is 33.4. The van der Waals surface area contributed by atoms with Gasteiger partial charge in [0.25, 0.3) is 0 Å². The van der Waals surface area contributed by atoms with E-state index in [2.05, 4.69) is 65.5 Å². The maximum Gasteiger partial charge on any atom is 2.00 e. The van der Waals surface area contributed by atoms with Crippen LogP contribution in [0.2, 0.25) is 0 Å². The second-order valence-electron chi connectivity index (χ2n) is 10.9. The summed E-state index contributed by atoms with van der Waals surface area (Å²) in [6, 6.07) is 8.37. The summed E-state index contributed by atoms with van der Waals surface area (Å²) in [7, 11) is 0. The molecule has 0 radical (unpaired) electrons. The number of hydrogen-bond donors (Lipinski definition) is 1. The van der Waals surface area contributed by atoms with E-state index < -0.39 is 6.10 Å². The van der Waals surface area contributed by atoms with E-state index in [1.54, 1.807) is 28.7 Å². The van der Waals surface area contributed by atoms with Gasteiger partial charge >= 0.3 is 23.1 Å². The number of carbonyl (C=O) groups is 1. The smallest absolute Gasteiger partial charge is 1.00 e. The van der Waals surface area contributed by atoms with Crippen LogP contribution >= 0.6 is 0 Å². The van der Waals surface area contributed by atoms with Crippen molar-refractivity contribution in [2.75, 3.05) is 0 Å². The van der Waals surface area contributed by atoms with Crippen LogP contribution in [0.3, 0.4) is 0 Å². The Balaban J connectivity index is 0.000000188. The molecule has 0 bridgehead atoms. The van der Waals surface area contributed by atoms with E-state index in [4.69, 9.17) is 0 Å². The first-order chi connectivity index (χ1) is 20.0. The van der Waals surface area contributed by atoms with Crippen LogP contribution in [-0.2, 0) is 13.1 Å². The Morgan fingerprint density at radius 3 is 2.25 bits per heavy atom. The van der Waals surface area contributed by atoms with Gasteiger partial charge in [-0.15, -0.1) is 10.2 Å². The predicted molar refractivity (Wildman–Crippen MR) is 161 cm³/mol. The van der Waals surface area contributed by atoms with Gasteiger partial charge in [0, 0.05) is 30.4 Å². The Kier molecular flexibility index (Phi) is 10.7. The van der Waals surface area contributed by atoms with Gasteiger partial charge in [0.1, 0.15) is 17.9 Å². The number of aldehydes is 1. The van der Waals surface area contributed by atoms with Gasteiger partial charge in [-0.05, 0) is 67.7 Å². The Morgan fingerprint density at radius 2 is 1.61 bits per heavy atom. The average Bonchev–Trinajstić information content (AvgIpc) is 3.81. The van der Waals surface area contributed by atoms with E-state index in [1.165, 1.54) is 36.8 Å². The minimum Gasteiger partial charge on any atom is -1.00 e. The average molecular weight is 670 g/mol. The molecule has 44 heavy (non-hydrogen) atoms. The largest absolute Gasteiger partial charge is 2.00 e. The first-order valence-corrected chi connectivity index (χ1v) is 13.9. The van der Waals surface area contributed by atoms with Crippen molar-refractivity contribution in [3.63, 3.8) is 0 Å². The molecule has 0 spiro atoms. The normalized spacial score (nSPS) is 14.6. The van der Waals surface area contributed by atoms with E-state index in [0.717, 1.165) is 34.3 Å². The van der Waals surface area contributed by atoms with Crippen molar-refractivity contribution in [1.29, 1.82) is 0 Å². The fourth-order valence-electron chi connectivity index (χ4n) is 4.90. The standard InChI is InChI=1S/C15H17N5O.C14H13N5O.CH3.BrH.Mg/c1-10(21)13-6-16-19(7-13)9-14-17-15-5-4-12(11-2-3-11)8-20(15)18-14;20-9-13-8-19(17-16-13)7-12-6-18-5-11(10-1-2-10)3-4-14(18)15-12;;;/h4-8,10-11,21H,2-3,9H2,1H3;3-6,8-10H,1-2,7H2;1H3;1H;/q;;-1;;+2/p-1. The molecule has 0 amide bonds. The molecule has 6 aromatic rings. The second-order valence-corrected chi connectivity index (χ2v) is 10.9. The molecule has 2 saturated carbocycles. The first-order valence-electron chi connectivity index (χ1n) is 13.9. The molecule has 8 rings (SSSR count). The van der Waals surface area contributed by atoms with Gasteiger partial charge < -0.3 is 33.9 Å². The summed E-state index contributed by atoms with van der Waals surface area (Å²) in [5, 5.41) is 25.9. The second kappa shape index (κ2) is 14.1. The molecule has 12 nitrogen and oxygen atoms in total. The molecule has 6 aromatic heterocycles. The summed E-state index contributed by atoms with van der Waals surface area (Å²) < 4.78 is 7.27.